The average molecular weight is 238 g/mol. The molecule has 1 aromatic rings. The maximum absolute atomic E-state index is 9.58. The van der Waals surface area contributed by atoms with Crippen LogP contribution in [0.25, 0.3) is 0 Å². The van der Waals surface area contributed by atoms with Crippen molar-refractivity contribution < 1.29 is 5.11 Å². The fraction of sp³-hybridized carbons (Fsp3) is 0.833. The molecule has 1 aromatic heterocycles. The molecule has 2 rings (SSSR count). The van der Waals surface area contributed by atoms with E-state index in [-0.39, 0.29) is 6.10 Å². The molecular weight excluding hydrogens is 216 g/mol. The van der Waals surface area contributed by atoms with Crippen molar-refractivity contribution in [3.05, 3.63) is 6.20 Å². The largest absolute Gasteiger partial charge is 0.393 e. The lowest BCUT2D eigenvalue weighted by molar-refractivity contribution is 0.109. The summed E-state index contributed by atoms with van der Waals surface area (Å²) < 4.78 is 1.97. The molecule has 0 spiro atoms. The number of rotatable bonds is 4. The summed E-state index contributed by atoms with van der Waals surface area (Å²) in [4.78, 5) is 2.33. The van der Waals surface area contributed by atoms with Gasteiger partial charge in [-0.3, -0.25) is 0 Å². The molecule has 2 heterocycles. The van der Waals surface area contributed by atoms with Crippen LogP contribution >= 0.6 is 0 Å². The SMILES string of the molecule is CCCn1nncc1N1CCC(C(C)O)CC1. The van der Waals surface area contributed by atoms with E-state index >= 15 is 0 Å². The molecule has 0 radical (unpaired) electrons. The van der Waals surface area contributed by atoms with Gasteiger partial charge in [0.1, 0.15) is 5.82 Å². The Morgan fingerprint density at radius 1 is 1.47 bits per heavy atom. The van der Waals surface area contributed by atoms with Gasteiger partial charge in [-0.2, -0.15) is 0 Å². The molecule has 1 unspecified atom stereocenters. The monoisotopic (exact) mass is 238 g/mol. The maximum atomic E-state index is 9.58. The molecule has 1 aliphatic heterocycles. The van der Waals surface area contributed by atoms with Gasteiger partial charge in [0.2, 0.25) is 0 Å². The Morgan fingerprint density at radius 2 is 2.18 bits per heavy atom. The molecule has 17 heavy (non-hydrogen) atoms. The fourth-order valence-electron chi connectivity index (χ4n) is 2.48. The number of aromatic nitrogens is 3. The summed E-state index contributed by atoms with van der Waals surface area (Å²) in [5, 5.41) is 17.7. The lowest BCUT2D eigenvalue weighted by Crippen LogP contribution is -2.38. The zero-order valence-electron chi connectivity index (χ0n) is 10.7. The summed E-state index contributed by atoms with van der Waals surface area (Å²) in [7, 11) is 0. The van der Waals surface area contributed by atoms with Crippen LogP contribution in [-0.2, 0) is 6.54 Å². The normalized spacial score (nSPS) is 19.6. The summed E-state index contributed by atoms with van der Waals surface area (Å²) >= 11 is 0. The van der Waals surface area contributed by atoms with E-state index in [0.717, 1.165) is 44.7 Å². The highest BCUT2D eigenvalue weighted by atomic mass is 16.3. The number of anilines is 1. The van der Waals surface area contributed by atoms with Gasteiger partial charge in [0.15, 0.2) is 0 Å². The van der Waals surface area contributed by atoms with Gasteiger partial charge in [-0.25, -0.2) is 4.68 Å². The number of aliphatic hydroxyl groups is 1. The zero-order chi connectivity index (χ0) is 12.3. The highest BCUT2D eigenvalue weighted by Crippen LogP contribution is 2.24. The minimum atomic E-state index is -0.184. The van der Waals surface area contributed by atoms with Crippen LogP contribution in [0.5, 0.6) is 0 Å². The highest BCUT2D eigenvalue weighted by Gasteiger charge is 2.24. The van der Waals surface area contributed by atoms with Gasteiger partial charge in [-0.15, -0.1) is 5.10 Å². The Morgan fingerprint density at radius 3 is 2.76 bits per heavy atom. The Bertz CT molecular complexity index is 342. The molecule has 0 amide bonds. The van der Waals surface area contributed by atoms with Crippen molar-refractivity contribution in [1.29, 1.82) is 0 Å². The molecule has 0 saturated carbocycles. The minimum Gasteiger partial charge on any atom is -0.393 e. The molecule has 1 atom stereocenters. The molecule has 1 saturated heterocycles. The van der Waals surface area contributed by atoms with Crippen LogP contribution in [0, 0.1) is 5.92 Å². The zero-order valence-corrected chi connectivity index (χ0v) is 10.7. The summed E-state index contributed by atoms with van der Waals surface area (Å²) in [6.07, 6.45) is 4.83. The van der Waals surface area contributed by atoms with Crippen molar-refractivity contribution in [2.75, 3.05) is 18.0 Å². The molecule has 1 fully saturated rings. The number of aliphatic hydroxyl groups excluding tert-OH is 1. The molecule has 0 aliphatic carbocycles. The standard InChI is InChI=1S/C12H22N4O/c1-3-6-16-12(9-13-14-16)15-7-4-11(5-8-15)10(2)17/h9-11,17H,3-8H2,1-2H3. The van der Waals surface area contributed by atoms with E-state index in [1.165, 1.54) is 0 Å². The predicted octanol–water partition coefficient (Wildman–Crippen LogP) is 1.29. The van der Waals surface area contributed by atoms with Gasteiger partial charge in [0.25, 0.3) is 0 Å². The Labute approximate surface area is 102 Å². The summed E-state index contributed by atoms with van der Waals surface area (Å²) in [6, 6.07) is 0. The quantitative estimate of drug-likeness (QED) is 0.858. The van der Waals surface area contributed by atoms with Crippen molar-refractivity contribution in [2.45, 2.75) is 45.8 Å². The molecule has 0 bridgehead atoms. The van der Waals surface area contributed by atoms with Crippen molar-refractivity contribution >= 4 is 5.82 Å². The van der Waals surface area contributed by atoms with E-state index in [1.54, 1.807) is 0 Å². The van der Waals surface area contributed by atoms with E-state index in [9.17, 15) is 5.11 Å². The number of nitrogens with zero attached hydrogens (tertiary/aromatic N) is 4. The summed E-state index contributed by atoms with van der Waals surface area (Å²) in [5.74, 6) is 1.57. The molecule has 1 aliphatic rings. The van der Waals surface area contributed by atoms with Gasteiger partial charge >= 0.3 is 0 Å². The second kappa shape index (κ2) is 5.49. The van der Waals surface area contributed by atoms with Crippen LogP contribution in [0.1, 0.15) is 33.1 Å². The van der Waals surface area contributed by atoms with Crippen LogP contribution in [0.3, 0.4) is 0 Å². The van der Waals surface area contributed by atoms with Crippen LogP contribution in [-0.4, -0.2) is 39.3 Å². The number of hydrogen-bond donors (Lipinski definition) is 1. The van der Waals surface area contributed by atoms with Gasteiger partial charge < -0.3 is 10.0 Å². The Kier molecular flexibility index (Phi) is 3.99. The van der Waals surface area contributed by atoms with E-state index in [4.69, 9.17) is 0 Å². The van der Waals surface area contributed by atoms with Crippen LogP contribution < -0.4 is 4.90 Å². The first kappa shape index (κ1) is 12.4. The maximum Gasteiger partial charge on any atom is 0.147 e. The third-order valence-electron chi connectivity index (χ3n) is 3.58. The number of piperidine rings is 1. The van der Waals surface area contributed by atoms with E-state index < -0.39 is 0 Å². The number of hydrogen-bond acceptors (Lipinski definition) is 4. The van der Waals surface area contributed by atoms with Crippen molar-refractivity contribution in [3.63, 3.8) is 0 Å². The van der Waals surface area contributed by atoms with Crippen LogP contribution in [0.15, 0.2) is 6.20 Å². The topological polar surface area (TPSA) is 54.2 Å². The molecule has 0 aromatic carbocycles. The van der Waals surface area contributed by atoms with Crippen molar-refractivity contribution in [3.8, 4) is 0 Å². The van der Waals surface area contributed by atoms with Crippen molar-refractivity contribution in [1.82, 2.24) is 15.0 Å². The second-order valence-corrected chi connectivity index (χ2v) is 4.88. The van der Waals surface area contributed by atoms with E-state index in [1.807, 2.05) is 17.8 Å². The van der Waals surface area contributed by atoms with Gasteiger partial charge in [0.05, 0.1) is 12.3 Å². The third-order valence-corrected chi connectivity index (χ3v) is 3.58. The van der Waals surface area contributed by atoms with Gasteiger partial charge in [0, 0.05) is 19.6 Å². The van der Waals surface area contributed by atoms with Gasteiger partial charge in [-0.05, 0) is 32.1 Å². The first-order valence-corrected chi connectivity index (χ1v) is 6.54. The van der Waals surface area contributed by atoms with E-state index in [2.05, 4.69) is 22.1 Å². The number of aryl methyl sites for hydroxylation is 1. The highest BCUT2D eigenvalue weighted by molar-refractivity contribution is 5.36. The van der Waals surface area contributed by atoms with E-state index in [0.29, 0.717) is 5.92 Å². The van der Waals surface area contributed by atoms with Crippen molar-refractivity contribution in [2.24, 2.45) is 5.92 Å². The Balaban J connectivity index is 1.98. The average Bonchev–Trinajstić information content (AvgIpc) is 2.78. The lowest BCUT2D eigenvalue weighted by atomic mass is 9.92. The lowest BCUT2D eigenvalue weighted by Gasteiger charge is -2.34. The first-order chi connectivity index (χ1) is 8.22. The van der Waals surface area contributed by atoms with Gasteiger partial charge in [-0.1, -0.05) is 12.1 Å². The molecule has 1 N–H and O–H groups in total. The first-order valence-electron chi connectivity index (χ1n) is 6.54. The van der Waals surface area contributed by atoms with Crippen LogP contribution in [0.4, 0.5) is 5.82 Å². The molecule has 5 heteroatoms. The second-order valence-electron chi connectivity index (χ2n) is 4.88. The van der Waals surface area contributed by atoms with Crippen LogP contribution in [0.2, 0.25) is 0 Å². The molecule has 96 valence electrons. The third kappa shape index (κ3) is 2.77. The fourth-order valence-corrected chi connectivity index (χ4v) is 2.48. The molecular formula is C12H22N4O. The predicted molar refractivity (Wildman–Crippen MR) is 66.9 cm³/mol. The molecule has 5 nitrogen and oxygen atoms in total. The Hall–Kier alpha value is -1.10. The summed E-state index contributed by atoms with van der Waals surface area (Å²) in [5.41, 5.74) is 0. The summed E-state index contributed by atoms with van der Waals surface area (Å²) in [6.45, 7) is 6.94. The smallest absolute Gasteiger partial charge is 0.147 e. The minimum absolute atomic E-state index is 0.184.